The first kappa shape index (κ1) is 26.8. The summed E-state index contributed by atoms with van der Waals surface area (Å²) in [6, 6.07) is 21.6. The van der Waals surface area contributed by atoms with E-state index in [-0.39, 0.29) is 28.8 Å². The van der Waals surface area contributed by atoms with E-state index in [9.17, 15) is 13.2 Å². The summed E-state index contributed by atoms with van der Waals surface area (Å²) in [5.41, 5.74) is 2.94. The third kappa shape index (κ3) is 6.44. The van der Waals surface area contributed by atoms with Gasteiger partial charge in [-0.15, -0.1) is 0 Å². The average Bonchev–Trinajstić information content (AvgIpc) is 2.80. The molecule has 3 aromatic rings. The van der Waals surface area contributed by atoms with Crippen molar-refractivity contribution in [3.8, 4) is 0 Å². The van der Waals surface area contributed by atoms with Crippen molar-refractivity contribution >= 4 is 33.2 Å². The van der Waals surface area contributed by atoms with Crippen LogP contribution in [0.3, 0.4) is 0 Å². The van der Waals surface area contributed by atoms with Crippen LogP contribution >= 0.6 is 11.6 Å². The standard InChI is InChI=1S/C28H33ClN2O3S/c1-20-14-16-24(17-15-20)35(33,34)31(26-13-9-12-25(29)22(26)3)19-27(32)30-21(2)18-28(4,5)23-10-7-6-8-11-23/h6-17,21H,18-19H2,1-5H3,(H,30,32). The van der Waals surface area contributed by atoms with E-state index in [1.807, 2.05) is 32.0 Å². The number of amides is 1. The van der Waals surface area contributed by atoms with Gasteiger partial charge in [-0.05, 0) is 68.0 Å². The van der Waals surface area contributed by atoms with E-state index in [0.717, 1.165) is 9.87 Å². The van der Waals surface area contributed by atoms with Crippen molar-refractivity contribution < 1.29 is 13.2 Å². The molecule has 1 N–H and O–H groups in total. The first-order valence-corrected chi connectivity index (χ1v) is 13.4. The number of hydrogen-bond donors (Lipinski definition) is 1. The van der Waals surface area contributed by atoms with Gasteiger partial charge in [0.2, 0.25) is 5.91 Å². The summed E-state index contributed by atoms with van der Waals surface area (Å²) in [5.74, 6) is -0.378. The first-order chi connectivity index (χ1) is 16.4. The Labute approximate surface area is 214 Å². The van der Waals surface area contributed by atoms with Crippen molar-refractivity contribution in [3.05, 3.63) is 94.5 Å². The highest BCUT2D eigenvalue weighted by molar-refractivity contribution is 7.92. The molecule has 0 aliphatic heterocycles. The number of hydrogen-bond acceptors (Lipinski definition) is 3. The number of sulfonamides is 1. The lowest BCUT2D eigenvalue weighted by Gasteiger charge is -2.30. The lowest BCUT2D eigenvalue weighted by molar-refractivity contribution is -0.120. The van der Waals surface area contributed by atoms with Crippen LogP contribution in [0.1, 0.15) is 43.9 Å². The highest BCUT2D eigenvalue weighted by Crippen LogP contribution is 2.31. The van der Waals surface area contributed by atoms with E-state index in [1.165, 1.54) is 5.56 Å². The van der Waals surface area contributed by atoms with Crippen LogP contribution in [-0.2, 0) is 20.2 Å². The molecule has 1 atom stereocenters. The predicted octanol–water partition coefficient (Wildman–Crippen LogP) is 6.02. The van der Waals surface area contributed by atoms with Gasteiger partial charge in [0.1, 0.15) is 6.54 Å². The summed E-state index contributed by atoms with van der Waals surface area (Å²) in [4.78, 5) is 13.3. The number of benzene rings is 3. The lowest BCUT2D eigenvalue weighted by atomic mass is 9.79. The maximum absolute atomic E-state index is 13.6. The second-order valence-corrected chi connectivity index (χ2v) is 11.9. The molecule has 0 saturated heterocycles. The van der Waals surface area contributed by atoms with E-state index in [1.54, 1.807) is 49.4 Å². The lowest BCUT2D eigenvalue weighted by Crippen LogP contribution is -2.45. The number of nitrogens with zero attached hydrogens (tertiary/aromatic N) is 1. The number of anilines is 1. The minimum absolute atomic E-state index is 0.119. The number of carbonyl (C=O) groups excluding carboxylic acids is 1. The zero-order valence-electron chi connectivity index (χ0n) is 20.9. The molecular formula is C28H33ClN2O3S. The summed E-state index contributed by atoms with van der Waals surface area (Å²) < 4.78 is 28.4. The molecule has 186 valence electrons. The van der Waals surface area contributed by atoms with Gasteiger partial charge >= 0.3 is 0 Å². The molecule has 1 unspecified atom stereocenters. The highest BCUT2D eigenvalue weighted by atomic mass is 35.5. The van der Waals surface area contributed by atoms with Gasteiger partial charge < -0.3 is 5.32 Å². The Balaban J connectivity index is 1.85. The molecule has 5 nitrogen and oxygen atoms in total. The van der Waals surface area contributed by atoms with Crippen molar-refractivity contribution in [1.29, 1.82) is 0 Å². The highest BCUT2D eigenvalue weighted by Gasteiger charge is 2.30. The van der Waals surface area contributed by atoms with E-state index < -0.39 is 10.0 Å². The first-order valence-electron chi connectivity index (χ1n) is 11.6. The third-order valence-corrected chi connectivity index (χ3v) is 8.37. The fourth-order valence-corrected chi connectivity index (χ4v) is 5.93. The number of nitrogens with one attached hydrogen (secondary N) is 1. The van der Waals surface area contributed by atoms with Crippen molar-refractivity contribution in [3.63, 3.8) is 0 Å². The quantitative estimate of drug-likeness (QED) is 0.381. The summed E-state index contributed by atoms with van der Waals surface area (Å²) in [6.07, 6.45) is 0.698. The summed E-state index contributed by atoms with van der Waals surface area (Å²) in [6.45, 7) is 9.49. The Morgan fingerprint density at radius 1 is 0.971 bits per heavy atom. The van der Waals surface area contributed by atoms with Crippen LogP contribution in [-0.4, -0.2) is 26.9 Å². The molecule has 3 rings (SSSR count). The van der Waals surface area contributed by atoms with Crippen LogP contribution in [0.2, 0.25) is 5.02 Å². The number of aryl methyl sites for hydroxylation is 1. The van der Waals surface area contributed by atoms with Crippen molar-refractivity contribution in [1.82, 2.24) is 5.32 Å². The van der Waals surface area contributed by atoms with Gasteiger partial charge in [-0.1, -0.05) is 79.5 Å². The van der Waals surface area contributed by atoms with E-state index in [2.05, 4.69) is 31.3 Å². The van der Waals surface area contributed by atoms with Crippen LogP contribution in [0.5, 0.6) is 0 Å². The summed E-state index contributed by atoms with van der Waals surface area (Å²) in [7, 11) is -4.01. The van der Waals surface area contributed by atoms with Crippen LogP contribution in [0.15, 0.2) is 77.7 Å². The second-order valence-electron chi connectivity index (χ2n) is 9.63. The van der Waals surface area contributed by atoms with Gasteiger partial charge in [0, 0.05) is 11.1 Å². The SMILES string of the molecule is Cc1ccc(S(=O)(=O)N(CC(=O)NC(C)CC(C)(C)c2ccccc2)c2cccc(Cl)c2C)cc1. The Bertz CT molecular complexity index is 1270. The minimum Gasteiger partial charge on any atom is -0.352 e. The molecule has 0 radical (unpaired) electrons. The van der Waals surface area contributed by atoms with E-state index >= 15 is 0 Å². The Morgan fingerprint density at radius 3 is 2.23 bits per heavy atom. The van der Waals surface area contributed by atoms with Gasteiger partial charge in [0.05, 0.1) is 10.6 Å². The zero-order valence-corrected chi connectivity index (χ0v) is 22.5. The largest absolute Gasteiger partial charge is 0.352 e. The normalized spacial score (nSPS) is 12.7. The molecule has 35 heavy (non-hydrogen) atoms. The fourth-order valence-electron chi connectivity index (χ4n) is 4.28. The van der Waals surface area contributed by atoms with Crippen LogP contribution in [0.4, 0.5) is 5.69 Å². The fraction of sp³-hybridized carbons (Fsp3) is 0.321. The molecule has 0 heterocycles. The maximum atomic E-state index is 13.6. The van der Waals surface area contributed by atoms with Crippen LogP contribution in [0, 0.1) is 13.8 Å². The molecule has 0 aromatic heterocycles. The smallest absolute Gasteiger partial charge is 0.264 e. The van der Waals surface area contributed by atoms with Gasteiger partial charge in [-0.25, -0.2) is 8.42 Å². The maximum Gasteiger partial charge on any atom is 0.264 e. The second kappa shape index (κ2) is 10.8. The molecule has 0 spiro atoms. The molecule has 0 fully saturated rings. The predicted molar refractivity (Wildman–Crippen MR) is 144 cm³/mol. The van der Waals surface area contributed by atoms with Crippen molar-refractivity contribution in [2.75, 3.05) is 10.8 Å². The van der Waals surface area contributed by atoms with Gasteiger partial charge in [0.15, 0.2) is 0 Å². The average molecular weight is 513 g/mol. The topological polar surface area (TPSA) is 66.5 Å². The third-order valence-electron chi connectivity index (χ3n) is 6.18. The molecule has 3 aromatic carbocycles. The Kier molecular flexibility index (Phi) is 8.29. The van der Waals surface area contributed by atoms with E-state index in [0.29, 0.717) is 22.7 Å². The molecule has 0 aliphatic rings. The molecular weight excluding hydrogens is 480 g/mol. The summed E-state index contributed by atoms with van der Waals surface area (Å²) >= 11 is 6.30. The molecule has 0 bridgehead atoms. The monoisotopic (exact) mass is 512 g/mol. The Hall–Kier alpha value is -2.83. The van der Waals surface area contributed by atoms with Crippen molar-refractivity contribution in [2.24, 2.45) is 0 Å². The van der Waals surface area contributed by atoms with Crippen molar-refractivity contribution in [2.45, 2.75) is 57.4 Å². The zero-order chi connectivity index (χ0) is 25.8. The molecule has 1 amide bonds. The summed E-state index contributed by atoms with van der Waals surface area (Å²) in [5, 5.41) is 3.43. The number of rotatable bonds is 9. The van der Waals surface area contributed by atoms with Crippen LogP contribution < -0.4 is 9.62 Å². The molecule has 7 heteroatoms. The van der Waals surface area contributed by atoms with Gasteiger partial charge in [-0.3, -0.25) is 9.10 Å². The Morgan fingerprint density at radius 2 is 1.60 bits per heavy atom. The van der Waals surface area contributed by atoms with Crippen LogP contribution in [0.25, 0.3) is 0 Å². The van der Waals surface area contributed by atoms with Gasteiger partial charge in [0.25, 0.3) is 10.0 Å². The number of halogens is 1. The number of carbonyl (C=O) groups is 1. The molecule has 0 aliphatic carbocycles. The van der Waals surface area contributed by atoms with Gasteiger partial charge in [-0.2, -0.15) is 0 Å². The minimum atomic E-state index is -4.01. The molecule has 0 saturated carbocycles. The van der Waals surface area contributed by atoms with E-state index in [4.69, 9.17) is 11.6 Å².